The minimum atomic E-state index is -0.370. The lowest BCUT2D eigenvalue weighted by Crippen LogP contribution is -2.11. The topological polar surface area (TPSA) is 96.2 Å². The number of amides is 1. The Hall–Kier alpha value is -2.30. The van der Waals surface area contributed by atoms with Crippen molar-refractivity contribution in [2.75, 3.05) is 0 Å². The van der Waals surface area contributed by atoms with Crippen LogP contribution in [0.4, 0.5) is 0 Å². The zero-order valence-electron chi connectivity index (χ0n) is 14.2. The lowest BCUT2D eigenvalue weighted by molar-refractivity contribution is -0.117. The Labute approximate surface area is 141 Å². The van der Waals surface area contributed by atoms with Crippen LogP contribution in [0.2, 0.25) is 0 Å². The molecule has 0 aliphatic heterocycles. The van der Waals surface area contributed by atoms with Gasteiger partial charge in [0.1, 0.15) is 0 Å². The van der Waals surface area contributed by atoms with Crippen LogP contribution in [-0.4, -0.2) is 16.0 Å². The number of rotatable bonds is 9. The van der Waals surface area contributed by atoms with Crippen LogP contribution in [0.5, 0.6) is 5.75 Å². The van der Waals surface area contributed by atoms with E-state index in [1.807, 2.05) is 12.1 Å². The lowest BCUT2D eigenvalue weighted by atomic mass is 10.0. The average Bonchev–Trinajstić information content (AvgIpc) is 2.57. The van der Waals surface area contributed by atoms with Gasteiger partial charge in [-0.3, -0.25) is 9.59 Å². The summed E-state index contributed by atoms with van der Waals surface area (Å²) in [6, 6.07) is 5.43. The van der Waals surface area contributed by atoms with Crippen molar-refractivity contribution in [3.05, 3.63) is 39.7 Å². The molecule has 0 saturated heterocycles. The zero-order valence-corrected chi connectivity index (χ0v) is 14.2. The number of pyridine rings is 1. The van der Waals surface area contributed by atoms with Crippen LogP contribution in [0.1, 0.15) is 56.7 Å². The summed E-state index contributed by atoms with van der Waals surface area (Å²) in [5.41, 5.74) is 6.98. The highest BCUT2D eigenvalue weighted by Crippen LogP contribution is 2.20. The van der Waals surface area contributed by atoms with Gasteiger partial charge in [0.25, 0.3) is 0 Å². The minimum Gasteiger partial charge on any atom is -0.503 e. The predicted molar refractivity (Wildman–Crippen MR) is 96.2 cm³/mol. The van der Waals surface area contributed by atoms with Gasteiger partial charge in [0.05, 0.1) is 5.69 Å². The van der Waals surface area contributed by atoms with Gasteiger partial charge in [-0.1, -0.05) is 38.7 Å². The highest BCUT2D eigenvalue weighted by molar-refractivity contribution is 5.81. The standard InChI is InChI=1S/C19H26N2O3/c1-2-3-4-5-6-7-16-19(24)18(23)14-12-13(9-11-17(20)22)8-10-15(14)21-16/h8,10,12,24H,2-7,9,11H2,1H3,(H2,20,22)(H,21,23). The second-order valence-electron chi connectivity index (χ2n) is 6.29. The molecule has 0 spiro atoms. The third-order valence-electron chi connectivity index (χ3n) is 4.31. The van der Waals surface area contributed by atoms with E-state index in [-0.39, 0.29) is 23.5 Å². The number of aryl methyl sites for hydroxylation is 2. The summed E-state index contributed by atoms with van der Waals surface area (Å²) in [6.07, 6.45) is 7.04. The Morgan fingerprint density at radius 2 is 1.92 bits per heavy atom. The van der Waals surface area contributed by atoms with Crippen molar-refractivity contribution in [1.29, 1.82) is 0 Å². The van der Waals surface area contributed by atoms with Crippen molar-refractivity contribution >= 4 is 16.8 Å². The number of nitrogens with one attached hydrogen (secondary N) is 1. The summed E-state index contributed by atoms with van der Waals surface area (Å²) in [6.45, 7) is 2.17. The number of benzene rings is 1. The number of hydrogen-bond acceptors (Lipinski definition) is 3. The molecular weight excluding hydrogens is 304 g/mol. The molecule has 0 saturated carbocycles. The van der Waals surface area contributed by atoms with E-state index in [9.17, 15) is 14.7 Å². The number of aromatic hydroxyl groups is 1. The largest absolute Gasteiger partial charge is 0.503 e. The van der Waals surface area contributed by atoms with E-state index in [2.05, 4.69) is 11.9 Å². The Morgan fingerprint density at radius 1 is 1.17 bits per heavy atom. The molecule has 0 bridgehead atoms. The normalized spacial score (nSPS) is 11.0. The fourth-order valence-electron chi connectivity index (χ4n) is 2.88. The number of nitrogens with two attached hydrogens (primary N) is 1. The first-order valence-corrected chi connectivity index (χ1v) is 8.68. The number of aromatic nitrogens is 1. The molecule has 0 aliphatic rings. The summed E-state index contributed by atoms with van der Waals surface area (Å²) in [5.74, 6) is -0.560. The Balaban J connectivity index is 2.18. The minimum absolute atomic E-state index is 0.190. The summed E-state index contributed by atoms with van der Waals surface area (Å²) >= 11 is 0. The molecule has 0 unspecified atom stereocenters. The van der Waals surface area contributed by atoms with Crippen LogP contribution in [-0.2, 0) is 17.6 Å². The molecule has 1 amide bonds. The molecule has 1 aromatic heterocycles. The summed E-state index contributed by atoms with van der Waals surface area (Å²) < 4.78 is 0. The molecule has 0 fully saturated rings. The van der Waals surface area contributed by atoms with E-state index in [0.29, 0.717) is 29.4 Å². The predicted octanol–water partition coefficient (Wildman–Crippen LogP) is 3.16. The van der Waals surface area contributed by atoms with Gasteiger partial charge in [0.15, 0.2) is 5.75 Å². The molecule has 0 radical (unpaired) electrons. The van der Waals surface area contributed by atoms with Gasteiger partial charge in [0, 0.05) is 17.3 Å². The maximum atomic E-state index is 12.4. The first kappa shape index (κ1) is 18.0. The van der Waals surface area contributed by atoms with E-state index in [0.717, 1.165) is 18.4 Å². The highest BCUT2D eigenvalue weighted by Gasteiger charge is 2.11. The molecule has 4 N–H and O–H groups in total. The smallest absolute Gasteiger partial charge is 0.231 e. The van der Waals surface area contributed by atoms with Gasteiger partial charge in [-0.05, 0) is 37.0 Å². The fraction of sp³-hybridized carbons (Fsp3) is 0.474. The van der Waals surface area contributed by atoms with Crippen LogP contribution >= 0.6 is 0 Å². The maximum Gasteiger partial charge on any atom is 0.231 e. The van der Waals surface area contributed by atoms with Crippen molar-refractivity contribution in [1.82, 2.24) is 4.98 Å². The molecule has 130 valence electrons. The van der Waals surface area contributed by atoms with E-state index in [1.54, 1.807) is 6.07 Å². The summed E-state index contributed by atoms with van der Waals surface area (Å²) in [7, 11) is 0. The molecule has 2 rings (SSSR count). The van der Waals surface area contributed by atoms with Gasteiger partial charge in [-0.2, -0.15) is 0 Å². The number of unbranched alkanes of at least 4 members (excludes halogenated alkanes) is 4. The molecule has 0 atom stereocenters. The van der Waals surface area contributed by atoms with Gasteiger partial charge in [-0.15, -0.1) is 0 Å². The first-order chi connectivity index (χ1) is 11.5. The summed E-state index contributed by atoms with van der Waals surface area (Å²) in [5, 5.41) is 10.6. The van der Waals surface area contributed by atoms with Crippen LogP contribution in [0.3, 0.4) is 0 Å². The van der Waals surface area contributed by atoms with Crippen molar-refractivity contribution in [2.45, 2.75) is 58.3 Å². The lowest BCUT2D eigenvalue weighted by Gasteiger charge is -2.09. The van der Waals surface area contributed by atoms with E-state index in [4.69, 9.17) is 5.73 Å². The van der Waals surface area contributed by atoms with Crippen molar-refractivity contribution in [2.24, 2.45) is 5.73 Å². The number of fused-ring (bicyclic) bond motifs is 1. The van der Waals surface area contributed by atoms with Gasteiger partial charge in [0.2, 0.25) is 11.3 Å². The quantitative estimate of drug-likeness (QED) is 0.616. The van der Waals surface area contributed by atoms with Crippen LogP contribution in [0.25, 0.3) is 10.9 Å². The van der Waals surface area contributed by atoms with E-state index >= 15 is 0 Å². The van der Waals surface area contributed by atoms with E-state index in [1.165, 1.54) is 19.3 Å². The van der Waals surface area contributed by atoms with E-state index < -0.39 is 0 Å². The molecule has 5 heteroatoms. The number of H-pyrrole nitrogens is 1. The third kappa shape index (κ3) is 4.60. The van der Waals surface area contributed by atoms with Crippen LogP contribution in [0, 0.1) is 0 Å². The summed E-state index contributed by atoms with van der Waals surface area (Å²) in [4.78, 5) is 26.5. The SMILES string of the molecule is CCCCCCCc1[nH]c2ccc(CCC(N)=O)cc2c(=O)c1O. The number of carbonyl (C=O) groups is 1. The fourth-order valence-corrected chi connectivity index (χ4v) is 2.88. The highest BCUT2D eigenvalue weighted by atomic mass is 16.3. The average molecular weight is 330 g/mol. The molecule has 24 heavy (non-hydrogen) atoms. The van der Waals surface area contributed by atoms with Gasteiger partial charge in [-0.25, -0.2) is 0 Å². The second kappa shape index (κ2) is 8.52. The second-order valence-corrected chi connectivity index (χ2v) is 6.29. The van der Waals surface area contributed by atoms with Gasteiger partial charge < -0.3 is 15.8 Å². The van der Waals surface area contributed by atoms with Crippen LogP contribution in [0.15, 0.2) is 23.0 Å². The molecule has 2 aromatic rings. The van der Waals surface area contributed by atoms with Crippen molar-refractivity contribution in [3.8, 4) is 5.75 Å². The number of primary amides is 1. The first-order valence-electron chi connectivity index (χ1n) is 8.68. The van der Waals surface area contributed by atoms with Crippen molar-refractivity contribution in [3.63, 3.8) is 0 Å². The van der Waals surface area contributed by atoms with Crippen molar-refractivity contribution < 1.29 is 9.90 Å². The Morgan fingerprint density at radius 3 is 2.62 bits per heavy atom. The number of aromatic amines is 1. The molecule has 1 heterocycles. The molecule has 5 nitrogen and oxygen atoms in total. The number of carbonyl (C=O) groups excluding carboxylic acids is 1. The molecule has 1 aromatic carbocycles. The monoisotopic (exact) mass is 330 g/mol. The third-order valence-corrected chi connectivity index (χ3v) is 4.31. The van der Waals surface area contributed by atoms with Crippen LogP contribution < -0.4 is 11.2 Å². The molecular formula is C19H26N2O3. The Kier molecular flexibility index (Phi) is 6.41. The Bertz CT molecular complexity index is 765. The maximum absolute atomic E-state index is 12.4. The molecule has 0 aliphatic carbocycles. The van der Waals surface area contributed by atoms with Gasteiger partial charge >= 0.3 is 0 Å². The number of hydrogen-bond donors (Lipinski definition) is 3. The zero-order chi connectivity index (χ0) is 17.5.